The topological polar surface area (TPSA) is 42.3 Å². The summed E-state index contributed by atoms with van der Waals surface area (Å²) in [6.07, 6.45) is 1.83. The molecule has 0 radical (unpaired) electrons. The zero-order valence-corrected chi connectivity index (χ0v) is 21.5. The molecular weight excluding hydrogens is 476 g/mol. The minimum Gasteiger partial charge on any atom is -0.495 e. The minimum atomic E-state index is -0.0809. The fourth-order valence-electron chi connectivity index (χ4n) is 4.99. The Morgan fingerprint density at radius 1 is 1.03 bits per heavy atom. The third kappa shape index (κ3) is 4.40. The van der Waals surface area contributed by atoms with Crippen molar-refractivity contribution in [3.05, 3.63) is 112 Å². The molecule has 0 amide bonds. The summed E-state index contributed by atoms with van der Waals surface area (Å²) in [5.74, 6) is 0.769. The van der Waals surface area contributed by atoms with E-state index in [9.17, 15) is 0 Å². The molecule has 0 unspecified atom stereocenters. The summed E-state index contributed by atoms with van der Waals surface area (Å²) in [6, 6.07) is 24.2. The van der Waals surface area contributed by atoms with Crippen molar-refractivity contribution in [1.29, 1.82) is 0 Å². The van der Waals surface area contributed by atoms with E-state index in [1.54, 1.807) is 7.11 Å². The van der Waals surface area contributed by atoms with E-state index in [4.69, 9.17) is 28.6 Å². The van der Waals surface area contributed by atoms with Crippen molar-refractivity contribution in [2.24, 2.45) is 0 Å². The van der Waals surface area contributed by atoms with Gasteiger partial charge in [-0.15, -0.1) is 0 Å². The molecule has 5 nitrogen and oxygen atoms in total. The van der Waals surface area contributed by atoms with E-state index in [0.29, 0.717) is 11.6 Å². The molecule has 5 rings (SSSR count). The predicted octanol–water partition coefficient (Wildman–Crippen LogP) is 6.32. The van der Waals surface area contributed by atoms with Crippen molar-refractivity contribution in [1.82, 2.24) is 19.8 Å². The van der Waals surface area contributed by atoms with Crippen LogP contribution in [-0.4, -0.2) is 26.7 Å². The third-order valence-electron chi connectivity index (χ3n) is 6.56. The van der Waals surface area contributed by atoms with E-state index in [-0.39, 0.29) is 12.1 Å². The molecule has 7 heteroatoms. The number of ether oxygens (including phenoxy) is 1. The Kier molecular flexibility index (Phi) is 6.50. The van der Waals surface area contributed by atoms with Crippen LogP contribution in [0.1, 0.15) is 40.3 Å². The summed E-state index contributed by atoms with van der Waals surface area (Å²) in [4.78, 5) is 6.94. The highest BCUT2D eigenvalue weighted by molar-refractivity contribution is 7.80. The van der Waals surface area contributed by atoms with Gasteiger partial charge in [0, 0.05) is 29.2 Å². The van der Waals surface area contributed by atoms with Crippen molar-refractivity contribution in [2.75, 3.05) is 7.11 Å². The molecule has 4 aromatic rings. The molecule has 2 aromatic carbocycles. The molecule has 3 heterocycles. The Balaban J connectivity index is 1.65. The maximum absolute atomic E-state index is 6.39. The van der Waals surface area contributed by atoms with Crippen LogP contribution in [0.3, 0.4) is 0 Å². The second kappa shape index (κ2) is 9.72. The molecule has 1 aliphatic rings. The number of hydrogen-bond acceptors (Lipinski definition) is 3. The van der Waals surface area contributed by atoms with Crippen LogP contribution in [-0.2, 0) is 6.54 Å². The largest absolute Gasteiger partial charge is 0.495 e. The number of pyridine rings is 1. The molecule has 1 saturated heterocycles. The summed E-state index contributed by atoms with van der Waals surface area (Å²) in [6.45, 7) is 4.94. The number of aromatic nitrogens is 2. The van der Waals surface area contributed by atoms with Gasteiger partial charge in [-0.05, 0) is 73.6 Å². The summed E-state index contributed by atoms with van der Waals surface area (Å²) >= 11 is 12.3. The molecule has 2 atom stereocenters. The SMILES string of the molecule is COc1ccc(Cl)cc1-n1c(C)cc([C@@H]2[C@@H](c3ccccn3)NC(=S)N2Cc2ccccc2)c1C. The van der Waals surface area contributed by atoms with Crippen molar-refractivity contribution >= 4 is 28.9 Å². The van der Waals surface area contributed by atoms with Crippen molar-refractivity contribution in [2.45, 2.75) is 32.5 Å². The number of aryl methyl sites for hydroxylation is 1. The lowest BCUT2D eigenvalue weighted by Gasteiger charge is -2.28. The number of hydrogen-bond donors (Lipinski definition) is 1. The standard InChI is InChI=1S/C28H27ClN4OS/c1-18-15-22(19(2)33(18)24-16-21(29)12-13-25(24)34-3)27-26(23-11-7-8-14-30-23)31-28(35)32(27)17-20-9-5-4-6-10-20/h4-16,26-27H,17H2,1-3H3,(H,31,35)/t26-,27-/m1/s1. The first-order chi connectivity index (χ1) is 17.0. The number of thiocarbonyl (C=S) groups is 1. The number of halogens is 1. The number of benzene rings is 2. The van der Waals surface area contributed by atoms with Gasteiger partial charge in [0.15, 0.2) is 5.11 Å². The smallest absolute Gasteiger partial charge is 0.170 e. The van der Waals surface area contributed by atoms with Crippen LogP contribution in [0.15, 0.2) is 79.0 Å². The Bertz CT molecular complexity index is 1360. The summed E-state index contributed by atoms with van der Waals surface area (Å²) in [5, 5.41) is 4.94. The van der Waals surface area contributed by atoms with E-state index in [1.807, 2.05) is 42.6 Å². The molecule has 1 N–H and O–H groups in total. The van der Waals surface area contributed by atoms with Crippen LogP contribution in [0.2, 0.25) is 5.02 Å². The van der Waals surface area contributed by atoms with Crippen LogP contribution >= 0.6 is 23.8 Å². The summed E-state index contributed by atoms with van der Waals surface area (Å²) < 4.78 is 7.88. The van der Waals surface area contributed by atoms with Crippen molar-refractivity contribution in [3.63, 3.8) is 0 Å². The second-order valence-electron chi connectivity index (χ2n) is 8.72. The van der Waals surface area contributed by atoms with Gasteiger partial charge in [0.2, 0.25) is 0 Å². The van der Waals surface area contributed by atoms with E-state index < -0.39 is 0 Å². The van der Waals surface area contributed by atoms with Crippen molar-refractivity contribution in [3.8, 4) is 11.4 Å². The van der Waals surface area contributed by atoms with Crippen molar-refractivity contribution < 1.29 is 4.74 Å². The summed E-state index contributed by atoms with van der Waals surface area (Å²) in [5.41, 5.74) is 6.46. The normalized spacial score (nSPS) is 17.5. The van der Waals surface area contributed by atoms with Gasteiger partial charge in [0.1, 0.15) is 5.75 Å². The van der Waals surface area contributed by atoms with E-state index >= 15 is 0 Å². The number of rotatable bonds is 6. The molecule has 35 heavy (non-hydrogen) atoms. The number of methoxy groups -OCH3 is 1. The van der Waals surface area contributed by atoms with E-state index in [1.165, 1.54) is 11.1 Å². The third-order valence-corrected chi connectivity index (χ3v) is 7.15. The summed E-state index contributed by atoms with van der Waals surface area (Å²) in [7, 11) is 1.68. The lowest BCUT2D eigenvalue weighted by atomic mass is 9.96. The minimum absolute atomic E-state index is 0.0391. The molecule has 2 aromatic heterocycles. The van der Waals surface area contributed by atoms with Crippen LogP contribution in [0.4, 0.5) is 0 Å². The molecule has 1 fully saturated rings. The van der Waals surface area contributed by atoms with Gasteiger partial charge in [-0.25, -0.2) is 0 Å². The highest BCUT2D eigenvalue weighted by Crippen LogP contribution is 2.43. The van der Waals surface area contributed by atoms with Gasteiger partial charge in [-0.3, -0.25) is 4.98 Å². The Morgan fingerprint density at radius 3 is 2.51 bits per heavy atom. The lowest BCUT2D eigenvalue weighted by molar-refractivity contribution is 0.310. The highest BCUT2D eigenvalue weighted by Gasteiger charge is 2.41. The van der Waals surface area contributed by atoms with Gasteiger partial charge in [0.05, 0.1) is 30.6 Å². The number of nitrogens with zero attached hydrogens (tertiary/aromatic N) is 3. The molecule has 1 aliphatic heterocycles. The molecule has 178 valence electrons. The average molecular weight is 503 g/mol. The zero-order chi connectivity index (χ0) is 24.5. The molecule has 0 spiro atoms. The first-order valence-electron chi connectivity index (χ1n) is 11.5. The zero-order valence-electron chi connectivity index (χ0n) is 19.9. The van der Waals surface area contributed by atoms with Crippen LogP contribution in [0.5, 0.6) is 5.75 Å². The monoisotopic (exact) mass is 502 g/mol. The van der Waals surface area contributed by atoms with Gasteiger partial charge >= 0.3 is 0 Å². The van der Waals surface area contributed by atoms with Gasteiger partial charge in [0.25, 0.3) is 0 Å². The Labute approximate surface area is 216 Å². The first kappa shape index (κ1) is 23.4. The van der Waals surface area contributed by atoms with Crippen LogP contribution in [0, 0.1) is 13.8 Å². The predicted molar refractivity (Wildman–Crippen MR) is 144 cm³/mol. The highest BCUT2D eigenvalue weighted by atomic mass is 35.5. The quantitative estimate of drug-likeness (QED) is 0.312. The lowest BCUT2D eigenvalue weighted by Crippen LogP contribution is -2.29. The van der Waals surface area contributed by atoms with E-state index in [0.717, 1.165) is 33.6 Å². The fourth-order valence-corrected chi connectivity index (χ4v) is 5.46. The maximum Gasteiger partial charge on any atom is 0.170 e. The van der Waals surface area contributed by atoms with Gasteiger partial charge in [-0.1, -0.05) is 48.0 Å². The van der Waals surface area contributed by atoms with E-state index in [2.05, 4.69) is 70.0 Å². The number of nitrogens with one attached hydrogen (secondary N) is 1. The molecule has 0 saturated carbocycles. The molecule has 0 aliphatic carbocycles. The fraction of sp³-hybridized carbons (Fsp3) is 0.214. The van der Waals surface area contributed by atoms with Crippen LogP contribution in [0.25, 0.3) is 5.69 Å². The van der Waals surface area contributed by atoms with Gasteiger partial charge < -0.3 is 19.5 Å². The molecular formula is C28H27ClN4OS. The Hall–Kier alpha value is -3.35. The van der Waals surface area contributed by atoms with Gasteiger partial charge in [-0.2, -0.15) is 0 Å². The second-order valence-corrected chi connectivity index (χ2v) is 9.54. The maximum atomic E-state index is 6.39. The molecule has 0 bridgehead atoms. The Morgan fingerprint density at radius 2 is 1.80 bits per heavy atom. The van der Waals surface area contributed by atoms with Crippen LogP contribution < -0.4 is 10.1 Å². The average Bonchev–Trinajstić information content (AvgIpc) is 3.35. The first-order valence-corrected chi connectivity index (χ1v) is 12.3.